The second-order valence-corrected chi connectivity index (χ2v) is 8.97. The largest absolute Gasteiger partial charge is 0.481 e. The molecule has 34 heavy (non-hydrogen) atoms. The molecular formula is C26H23BrN2O5. The second-order valence-electron chi connectivity index (χ2n) is 8.12. The number of halogens is 1. The Balaban J connectivity index is 1.42. The van der Waals surface area contributed by atoms with Crippen LogP contribution in [0.25, 0.3) is 11.1 Å². The van der Waals surface area contributed by atoms with Crippen molar-refractivity contribution in [3.63, 3.8) is 0 Å². The van der Waals surface area contributed by atoms with Crippen molar-refractivity contribution in [1.82, 2.24) is 5.32 Å². The summed E-state index contributed by atoms with van der Waals surface area (Å²) >= 11 is 3.32. The summed E-state index contributed by atoms with van der Waals surface area (Å²) in [5.41, 5.74) is 5.19. The van der Waals surface area contributed by atoms with Crippen molar-refractivity contribution < 1.29 is 24.2 Å². The summed E-state index contributed by atoms with van der Waals surface area (Å²) in [7, 11) is 0. The molecule has 8 heteroatoms. The lowest BCUT2D eigenvalue weighted by Gasteiger charge is -2.15. The second kappa shape index (κ2) is 10.1. The van der Waals surface area contributed by atoms with Gasteiger partial charge in [-0.3, -0.25) is 14.9 Å². The molecule has 3 N–H and O–H groups in total. The maximum atomic E-state index is 12.6. The van der Waals surface area contributed by atoms with Crippen LogP contribution in [-0.2, 0) is 9.53 Å². The predicted octanol–water partition coefficient (Wildman–Crippen LogP) is 5.40. The highest BCUT2D eigenvalue weighted by molar-refractivity contribution is 9.10. The minimum atomic E-state index is -1.00. The van der Waals surface area contributed by atoms with Crippen LogP contribution >= 0.6 is 15.9 Å². The molecule has 0 fully saturated rings. The van der Waals surface area contributed by atoms with Gasteiger partial charge in [-0.05, 0) is 63.3 Å². The van der Waals surface area contributed by atoms with Gasteiger partial charge in [0.2, 0.25) is 0 Å². The van der Waals surface area contributed by atoms with Gasteiger partial charge in [-0.15, -0.1) is 0 Å². The molecule has 2 amide bonds. The summed E-state index contributed by atoms with van der Waals surface area (Å²) in [4.78, 5) is 35.9. The highest BCUT2D eigenvalue weighted by Crippen LogP contribution is 2.44. The summed E-state index contributed by atoms with van der Waals surface area (Å²) in [6.45, 7) is 1.79. The first-order chi connectivity index (χ1) is 16.3. The Labute approximate surface area is 205 Å². The number of benzene rings is 3. The molecule has 174 valence electrons. The summed E-state index contributed by atoms with van der Waals surface area (Å²) in [6, 6.07) is 20.4. The fraction of sp³-hybridized carbons (Fsp3) is 0.192. The third-order valence-electron chi connectivity index (χ3n) is 5.66. The molecule has 0 aromatic heterocycles. The first-order valence-electron chi connectivity index (χ1n) is 10.8. The van der Waals surface area contributed by atoms with Crippen LogP contribution in [0.4, 0.5) is 10.5 Å². The van der Waals surface area contributed by atoms with E-state index in [0.717, 1.165) is 22.3 Å². The quantitative estimate of drug-likeness (QED) is 0.385. The summed E-state index contributed by atoms with van der Waals surface area (Å²) < 4.78 is 6.07. The zero-order valence-corrected chi connectivity index (χ0v) is 20.0. The molecule has 1 atom stereocenters. The Bertz CT molecular complexity index is 1210. The molecule has 3 aromatic carbocycles. The smallest absolute Gasteiger partial charge is 0.411 e. The highest BCUT2D eigenvalue weighted by atomic mass is 79.9. The number of anilines is 1. The monoisotopic (exact) mass is 522 g/mol. The van der Waals surface area contributed by atoms with Gasteiger partial charge in [-0.1, -0.05) is 48.5 Å². The summed E-state index contributed by atoms with van der Waals surface area (Å²) in [5, 5.41) is 14.2. The van der Waals surface area contributed by atoms with Crippen LogP contribution in [0.15, 0.2) is 71.2 Å². The molecule has 0 saturated carbocycles. The van der Waals surface area contributed by atoms with Crippen molar-refractivity contribution in [3.05, 3.63) is 87.9 Å². The normalized spacial score (nSPS) is 12.9. The van der Waals surface area contributed by atoms with Crippen molar-refractivity contribution in [2.75, 3.05) is 11.9 Å². The van der Waals surface area contributed by atoms with Gasteiger partial charge in [0.1, 0.15) is 6.61 Å². The first-order valence-corrected chi connectivity index (χ1v) is 11.6. The number of nitrogens with one attached hydrogen (secondary N) is 2. The molecule has 0 bridgehead atoms. The van der Waals surface area contributed by atoms with E-state index >= 15 is 0 Å². The zero-order chi connectivity index (χ0) is 24.2. The predicted molar refractivity (Wildman–Crippen MR) is 132 cm³/mol. The number of amides is 2. The molecule has 1 aliphatic carbocycles. The van der Waals surface area contributed by atoms with E-state index in [4.69, 9.17) is 9.84 Å². The Morgan fingerprint density at radius 3 is 2.24 bits per heavy atom. The van der Waals surface area contributed by atoms with Crippen LogP contribution in [0.5, 0.6) is 0 Å². The maximum absolute atomic E-state index is 12.6. The van der Waals surface area contributed by atoms with Crippen molar-refractivity contribution >= 4 is 39.6 Å². The Morgan fingerprint density at radius 1 is 1.00 bits per heavy atom. The third kappa shape index (κ3) is 5.12. The Hall–Kier alpha value is -3.65. The van der Waals surface area contributed by atoms with Crippen LogP contribution in [0, 0.1) is 0 Å². The molecule has 0 aliphatic heterocycles. The SMILES string of the molecule is C[C@@H](CC(=O)O)NC(=O)c1cc(NC(=O)OCC2c3ccccc3-c3ccccc32)ccc1Br. The number of rotatable bonds is 7. The van der Waals surface area contributed by atoms with E-state index in [9.17, 15) is 14.4 Å². The molecular weight excluding hydrogens is 500 g/mol. The number of carbonyl (C=O) groups excluding carboxylic acids is 2. The molecule has 0 unspecified atom stereocenters. The molecule has 4 rings (SSSR count). The number of hydrogen-bond acceptors (Lipinski definition) is 4. The molecule has 0 radical (unpaired) electrons. The zero-order valence-electron chi connectivity index (χ0n) is 18.4. The van der Waals surface area contributed by atoms with Crippen LogP contribution in [0.2, 0.25) is 0 Å². The minimum Gasteiger partial charge on any atom is -0.481 e. The van der Waals surface area contributed by atoms with E-state index in [1.165, 1.54) is 6.07 Å². The first kappa shape index (κ1) is 23.5. The molecule has 0 spiro atoms. The van der Waals surface area contributed by atoms with Gasteiger partial charge in [0.05, 0.1) is 12.0 Å². The van der Waals surface area contributed by atoms with Gasteiger partial charge in [-0.25, -0.2) is 4.79 Å². The average molecular weight is 523 g/mol. The van der Waals surface area contributed by atoms with Crippen LogP contribution < -0.4 is 10.6 Å². The molecule has 3 aromatic rings. The van der Waals surface area contributed by atoms with Crippen molar-refractivity contribution in [2.45, 2.75) is 25.3 Å². The number of fused-ring (bicyclic) bond motifs is 3. The molecule has 7 nitrogen and oxygen atoms in total. The van der Waals surface area contributed by atoms with Crippen molar-refractivity contribution in [1.29, 1.82) is 0 Å². The lowest BCUT2D eigenvalue weighted by molar-refractivity contribution is -0.137. The molecule has 0 saturated heterocycles. The van der Waals surface area contributed by atoms with E-state index in [1.807, 2.05) is 36.4 Å². The van der Waals surface area contributed by atoms with Gasteiger partial charge in [0, 0.05) is 22.1 Å². The number of hydrogen-bond donors (Lipinski definition) is 3. The lowest BCUT2D eigenvalue weighted by atomic mass is 9.98. The van der Waals surface area contributed by atoms with E-state index in [-0.39, 0.29) is 24.5 Å². The fourth-order valence-electron chi connectivity index (χ4n) is 4.14. The standard InChI is InChI=1S/C26H23BrN2O5/c1-15(12-24(30)31)28-25(32)21-13-16(10-11-23(21)27)29-26(33)34-14-22-19-8-4-2-6-17(19)18-7-3-5-9-20(18)22/h2-11,13,15,22H,12,14H2,1H3,(H,28,32)(H,29,33)(H,30,31)/t15-/m0/s1. The van der Waals surface area contributed by atoms with Crippen LogP contribution in [-0.4, -0.2) is 35.7 Å². The van der Waals surface area contributed by atoms with Gasteiger partial charge >= 0.3 is 12.1 Å². The molecule has 1 aliphatic rings. The minimum absolute atomic E-state index is 0.0554. The van der Waals surface area contributed by atoms with Gasteiger partial charge in [-0.2, -0.15) is 0 Å². The van der Waals surface area contributed by atoms with Gasteiger partial charge in [0.25, 0.3) is 5.91 Å². The van der Waals surface area contributed by atoms with Gasteiger partial charge < -0.3 is 15.2 Å². The molecule has 0 heterocycles. The van der Waals surface area contributed by atoms with E-state index in [2.05, 4.69) is 38.7 Å². The Kier molecular flexibility index (Phi) is 6.98. The van der Waals surface area contributed by atoms with E-state index in [0.29, 0.717) is 10.2 Å². The fourth-order valence-corrected chi connectivity index (χ4v) is 4.57. The number of ether oxygens (including phenoxy) is 1. The van der Waals surface area contributed by atoms with Crippen LogP contribution in [0.1, 0.15) is 40.7 Å². The van der Waals surface area contributed by atoms with Gasteiger partial charge in [0.15, 0.2) is 0 Å². The highest BCUT2D eigenvalue weighted by Gasteiger charge is 2.29. The topological polar surface area (TPSA) is 105 Å². The number of carboxylic acid groups (broad SMARTS) is 1. The average Bonchev–Trinajstić information content (AvgIpc) is 3.12. The van der Waals surface area contributed by atoms with Crippen LogP contribution in [0.3, 0.4) is 0 Å². The third-order valence-corrected chi connectivity index (χ3v) is 6.35. The number of carbonyl (C=O) groups is 3. The maximum Gasteiger partial charge on any atom is 0.411 e. The van der Waals surface area contributed by atoms with Crippen molar-refractivity contribution in [2.24, 2.45) is 0 Å². The lowest BCUT2D eigenvalue weighted by Crippen LogP contribution is -2.34. The summed E-state index contributed by atoms with van der Waals surface area (Å²) in [5.74, 6) is -1.51. The van der Waals surface area contributed by atoms with Crippen molar-refractivity contribution in [3.8, 4) is 11.1 Å². The van der Waals surface area contributed by atoms with E-state index < -0.39 is 24.0 Å². The number of aliphatic carboxylic acids is 1. The summed E-state index contributed by atoms with van der Waals surface area (Å²) in [6.07, 6.45) is -0.823. The number of carboxylic acids is 1. The van der Waals surface area contributed by atoms with E-state index in [1.54, 1.807) is 19.1 Å². The Morgan fingerprint density at radius 2 is 1.62 bits per heavy atom.